The van der Waals surface area contributed by atoms with Crippen LogP contribution in [0.15, 0.2) is 48.7 Å². The molecule has 0 saturated carbocycles. The van der Waals surface area contributed by atoms with Crippen molar-refractivity contribution in [2.75, 3.05) is 13.2 Å². The van der Waals surface area contributed by atoms with Crippen molar-refractivity contribution >= 4 is 22.8 Å². The molecule has 0 bridgehead atoms. The van der Waals surface area contributed by atoms with Gasteiger partial charge < -0.3 is 14.4 Å². The van der Waals surface area contributed by atoms with Gasteiger partial charge in [0.25, 0.3) is 0 Å². The van der Waals surface area contributed by atoms with Crippen molar-refractivity contribution in [2.45, 2.75) is 83.5 Å². The number of ketones is 1. The molecule has 1 fully saturated rings. The summed E-state index contributed by atoms with van der Waals surface area (Å²) in [4.78, 5) is 32.2. The summed E-state index contributed by atoms with van der Waals surface area (Å²) < 4.78 is 53.9. The van der Waals surface area contributed by atoms with Gasteiger partial charge in [-0.1, -0.05) is 6.92 Å². The van der Waals surface area contributed by atoms with Crippen LogP contribution < -0.4 is 0 Å². The fraction of sp³-hybridized carbons (Fsp3) is 0.469. The Morgan fingerprint density at radius 2 is 1.80 bits per heavy atom. The van der Waals surface area contributed by atoms with Gasteiger partial charge in [0, 0.05) is 24.5 Å². The maximum Gasteiger partial charge on any atom is 0.410 e. The SMILES string of the molecule is CCC(CCN(C(=O)OC(C)(C)C)[C@@H]1CC[C@@H](C(=O)Cc2ccnc3ccc(F)cc23)OC1)c1cc(F)ccc1F. The number of fused-ring (bicyclic) bond motifs is 1. The number of carbonyl (C=O) groups excluding carboxylic acids is 2. The van der Waals surface area contributed by atoms with Crippen molar-refractivity contribution in [3.63, 3.8) is 0 Å². The highest BCUT2D eigenvalue weighted by atomic mass is 19.1. The van der Waals surface area contributed by atoms with E-state index >= 15 is 0 Å². The second-order valence-corrected chi connectivity index (χ2v) is 11.6. The number of hydrogen-bond donors (Lipinski definition) is 0. The average molecular weight is 571 g/mol. The fourth-order valence-corrected chi connectivity index (χ4v) is 5.31. The van der Waals surface area contributed by atoms with E-state index in [1.807, 2.05) is 6.92 Å². The number of halogens is 3. The molecule has 1 unspecified atom stereocenters. The Labute approximate surface area is 238 Å². The number of rotatable bonds is 9. The largest absolute Gasteiger partial charge is 0.444 e. The van der Waals surface area contributed by atoms with E-state index in [1.165, 1.54) is 18.2 Å². The molecular formula is C32H37F3N2O4. The Hall–Kier alpha value is -3.46. The predicted molar refractivity (Wildman–Crippen MR) is 150 cm³/mol. The van der Waals surface area contributed by atoms with Crippen molar-refractivity contribution in [1.29, 1.82) is 0 Å². The molecule has 4 rings (SSSR count). The number of aromatic nitrogens is 1. The van der Waals surface area contributed by atoms with Crippen LogP contribution in [0.25, 0.3) is 10.9 Å². The Morgan fingerprint density at radius 1 is 1.07 bits per heavy atom. The smallest absolute Gasteiger partial charge is 0.410 e. The number of pyridine rings is 1. The van der Waals surface area contributed by atoms with Crippen molar-refractivity contribution in [3.05, 3.63) is 77.2 Å². The summed E-state index contributed by atoms with van der Waals surface area (Å²) in [5, 5.41) is 0.589. The minimum absolute atomic E-state index is 0.0744. The molecule has 9 heteroatoms. The van der Waals surface area contributed by atoms with Crippen LogP contribution in [0.2, 0.25) is 0 Å². The molecule has 6 nitrogen and oxygen atoms in total. The van der Waals surface area contributed by atoms with E-state index in [0.717, 1.165) is 12.1 Å². The van der Waals surface area contributed by atoms with Gasteiger partial charge in [-0.25, -0.2) is 18.0 Å². The van der Waals surface area contributed by atoms with Gasteiger partial charge in [-0.2, -0.15) is 0 Å². The van der Waals surface area contributed by atoms with E-state index in [4.69, 9.17) is 9.47 Å². The van der Waals surface area contributed by atoms with Gasteiger partial charge in [-0.3, -0.25) is 9.78 Å². The van der Waals surface area contributed by atoms with Crippen LogP contribution in [0, 0.1) is 17.5 Å². The van der Waals surface area contributed by atoms with E-state index in [1.54, 1.807) is 44.0 Å². The van der Waals surface area contributed by atoms with E-state index < -0.39 is 35.2 Å². The molecule has 3 aromatic rings. The summed E-state index contributed by atoms with van der Waals surface area (Å²) in [5.41, 5.74) is 0.842. The maximum atomic E-state index is 14.5. The van der Waals surface area contributed by atoms with Gasteiger partial charge in [0.15, 0.2) is 5.78 Å². The van der Waals surface area contributed by atoms with Crippen LogP contribution in [-0.2, 0) is 20.7 Å². The molecule has 1 aliphatic heterocycles. The summed E-state index contributed by atoms with van der Waals surface area (Å²) in [6.45, 7) is 7.62. The fourth-order valence-electron chi connectivity index (χ4n) is 5.31. The molecule has 0 N–H and O–H groups in total. The lowest BCUT2D eigenvalue weighted by Gasteiger charge is -2.38. The maximum absolute atomic E-state index is 14.5. The van der Waals surface area contributed by atoms with E-state index in [9.17, 15) is 22.8 Å². The van der Waals surface area contributed by atoms with Crippen molar-refractivity contribution < 1.29 is 32.2 Å². The molecule has 1 saturated heterocycles. The van der Waals surface area contributed by atoms with E-state index in [0.29, 0.717) is 42.1 Å². The van der Waals surface area contributed by atoms with Crippen LogP contribution >= 0.6 is 0 Å². The molecule has 220 valence electrons. The Morgan fingerprint density at radius 3 is 2.49 bits per heavy atom. The van der Waals surface area contributed by atoms with Gasteiger partial charge in [-0.15, -0.1) is 0 Å². The van der Waals surface area contributed by atoms with E-state index in [-0.39, 0.29) is 42.9 Å². The molecule has 1 amide bonds. The molecule has 1 aromatic heterocycles. The minimum atomic E-state index is -0.727. The predicted octanol–water partition coefficient (Wildman–Crippen LogP) is 7.13. The normalized spacial score (nSPS) is 18.2. The third-order valence-corrected chi connectivity index (χ3v) is 7.45. The molecule has 1 aliphatic rings. The standard InChI is InChI=1S/C32H37F3N2O4/c1-5-20(25-17-22(33)6-9-27(25)35)13-15-37(31(39)41-32(2,3)4)24-8-11-30(40-19-24)29(38)16-21-12-14-36-28-10-7-23(34)18-26(21)28/h6-7,9-10,12,14,17-18,20,24,30H,5,8,11,13,15-16,19H2,1-4H3/t20?,24-,30+/m1/s1. The second kappa shape index (κ2) is 13.0. The molecular weight excluding hydrogens is 533 g/mol. The first kappa shape index (κ1) is 30.5. The molecule has 41 heavy (non-hydrogen) atoms. The van der Waals surface area contributed by atoms with E-state index in [2.05, 4.69) is 4.98 Å². The van der Waals surface area contributed by atoms with Crippen LogP contribution in [-0.4, -0.2) is 52.7 Å². The quantitative estimate of drug-likeness (QED) is 0.274. The van der Waals surface area contributed by atoms with Gasteiger partial charge in [0.05, 0.1) is 18.2 Å². The number of carbonyl (C=O) groups is 2. The van der Waals surface area contributed by atoms with Crippen molar-refractivity contribution in [2.24, 2.45) is 0 Å². The lowest BCUT2D eigenvalue weighted by Crippen LogP contribution is -2.49. The van der Waals surface area contributed by atoms with Crippen molar-refractivity contribution in [1.82, 2.24) is 9.88 Å². The summed E-state index contributed by atoms with van der Waals surface area (Å²) >= 11 is 0. The topological polar surface area (TPSA) is 68.7 Å². The number of benzene rings is 2. The average Bonchev–Trinajstić information content (AvgIpc) is 2.92. The van der Waals surface area contributed by atoms with Gasteiger partial charge in [0.2, 0.25) is 0 Å². The molecule has 3 atom stereocenters. The Bertz CT molecular complexity index is 1380. The number of ether oxygens (including phenoxy) is 2. The third-order valence-electron chi connectivity index (χ3n) is 7.45. The third kappa shape index (κ3) is 7.85. The Balaban J connectivity index is 1.43. The van der Waals surface area contributed by atoms with Crippen LogP contribution in [0.5, 0.6) is 0 Å². The molecule has 0 radical (unpaired) electrons. The first-order chi connectivity index (χ1) is 19.4. The molecule has 2 heterocycles. The zero-order valence-corrected chi connectivity index (χ0v) is 24.0. The minimum Gasteiger partial charge on any atom is -0.444 e. The van der Waals surface area contributed by atoms with Crippen LogP contribution in [0.4, 0.5) is 18.0 Å². The first-order valence-corrected chi connectivity index (χ1v) is 14.1. The summed E-state index contributed by atoms with van der Waals surface area (Å²) in [6.07, 6.45) is 2.37. The van der Waals surface area contributed by atoms with Gasteiger partial charge >= 0.3 is 6.09 Å². The summed E-state index contributed by atoms with van der Waals surface area (Å²) in [6, 6.07) is 9.07. The molecule has 0 aliphatic carbocycles. The second-order valence-electron chi connectivity index (χ2n) is 11.6. The molecule has 0 spiro atoms. The number of hydrogen-bond acceptors (Lipinski definition) is 5. The Kier molecular flexibility index (Phi) is 9.68. The number of amides is 1. The van der Waals surface area contributed by atoms with Gasteiger partial charge in [0.1, 0.15) is 29.2 Å². The first-order valence-electron chi connectivity index (χ1n) is 14.1. The van der Waals surface area contributed by atoms with Gasteiger partial charge in [-0.05, 0) is 106 Å². The highest BCUT2D eigenvalue weighted by molar-refractivity contribution is 5.91. The van der Waals surface area contributed by atoms with Crippen LogP contribution in [0.1, 0.15) is 70.4 Å². The highest BCUT2D eigenvalue weighted by Crippen LogP contribution is 2.29. The van der Waals surface area contributed by atoms with Crippen LogP contribution in [0.3, 0.4) is 0 Å². The monoisotopic (exact) mass is 570 g/mol. The van der Waals surface area contributed by atoms with Crippen molar-refractivity contribution in [3.8, 4) is 0 Å². The number of nitrogens with zero attached hydrogens (tertiary/aromatic N) is 2. The molecule has 2 aromatic carbocycles. The highest BCUT2D eigenvalue weighted by Gasteiger charge is 2.35. The lowest BCUT2D eigenvalue weighted by molar-refractivity contribution is -0.135. The lowest BCUT2D eigenvalue weighted by atomic mass is 9.91. The summed E-state index contributed by atoms with van der Waals surface area (Å²) in [5.74, 6) is -1.81. The zero-order valence-electron chi connectivity index (χ0n) is 24.0. The zero-order chi connectivity index (χ0) is 29.7. The number of Topliss-reactive ketones (excluding diaryl/α,β-unsaturated/α-hetero) is 1. The summed E-state index contributed by atoms with van der Waals surface area (Å²) in [7, 11) is 0.